The van der Waals surface area contributed by atoms with Crippen molar-refractivity contribution in [3.63, 3.8) is 0 Å². The van der Waals surface area contributed by atoms with E-state index in [-0.39, 0.29) is 35.6 Å². The Balaban J connectivity index is 1.94. The molecule has 0 N–H and O–H groups in total. The van der Waals surface area contributed by atoms with Crippen LogP contribution in [0.3, 0.4) is 0 Å². The first kappa shape index (κ1) is 16.0. The molecule has 0 aliphatic heterocycles. The van der Waals surface area contributed by atoms with Gasteiger partial charge in [-0.05, 0) is 18.3 Å². The van der Waals surface area contributed by atoms with Gasteiger partial charge in [-0.3, -0.25) is 9.59 Å². The summed E-state index contributed by atoms with van der Waals surface area (Å²) in [6, 6.07) is 10.8. The van der Waals surface area contributed by atoms with Crippen LogP contribution in [0.4, 0.5) is 0 Å². The predicted octanol–water partition coefficient (Wildman–Crippen LogP) is 3.15. The summed E-state index contributed by atoms with van der Waals surface area (Å²) in [4.78, 5) is 24.1. The molecule has 0 amide bonds. The second kappa shape index (κ2) is 6.15. The Hall–Kier alpha value is -2.41. The molecule has 2 unspecified atom stereocenters. The number of hydrogen-bond donors (Lipinski definition) is 0. The summed E-state index contributed by atoms with van der Waals surface area (Å²) in [5.74, 6) is -0.889. The molecule has 0 saturated heterocycles. The number of nitrogens with zero attached hydrogens (tertiary/aromatic N) is 1. The van der Waals surface area contributed by atoms with Gasteiger partial charge in [-0.15, -0.1) is 0 Å². The minimum Gasteiger partial charge on any atom is -0.457 e. The van der Waals surface area contributed by atoms with Crippen LogP contribution in [-0.4, -0.2) is 18.4 Å². The number of allylic oxidation sites excluding steroid dienone is 2. The van der Waals surface area contributed by atoms with Crippen LogP contribution in [0.15, 0.2) is 42.0 Å². The lowest BCUT2D eigenvalue weighted by Gasteiger charge is -2.05. The number of nitriles is 1. The molecule has 0 spiro atoms. The van der Waals surface area contributed by atoms with Crippen LogP contribution in [-0.2, 0) is 9.53 Å². The molecule has 114 valence electrons. The summed E-state index contributed by atoms with van der Waals surface area (Å²) >= 11 is 0. The summed E-state index contributed by atoms with van der Waals surface area (Å²) in [5.41, 5.74) is 0.890. The summed E-state index contributed by atoms with van der Waals surface area (Å²) in [6.45, 7) is 5.40. The van der Waals surface area contributed by atoms with Crippen molar-refractivity contribution in [3.05, 3.63) is 47.5 Å². The highest BCUT2D eigenvalue weighted by Crippen LogP contribution is 2.59. The zero-order valence-corrected chi connectivity index (χ0v) is 13.0. The van der Waals surface area contributed by atoms with Crippen LogP contribution < -0.4 is 0 Å². The molecule has 1 aliphatic rings. The fourth-order valence-corrected chi connectivity index (χ4v) is 2.68. The molecule has 0 bridgehead atoms. The highest BCUT2D eigenvalue weighted by atomic mass is 16.5. The molecule has 2 rings (SSSR count). The molecular weight excluding hydrogens is 278 g/mol. The topological polar surface area (TPSA) is 67.2 Å². The van der Waals surface area contributed by atoms with Gasteiger partial charge in [-0.2, -0.15) is 5.26 Å². The van der Waals surface area contributed by atoms with Crippen LogP contribution in [0.5, 0.6) is 0 Å². The Morgan fingerprint density at radius 2 is 1.95 bits per heavy atom. The average Bonchev–Trinajstić information content (AvgIpc) is 3.05. The lowest BCUT2D eigenvalue weighted by atomic mass is 10.1. The maximum atomic E-state index is 12.2. The number of hydrogen-bond acceptors (Lipinski definition) is 4. The van der Waals surface area contributed by atoms with Crippen molar-refractivity contribution in [2.45, 2.75) is 20.8 Å². The van der Waals surface area contributed by atoms with Gasteiger partial charge in [0.05, 0.1) is 12.0 Å². The van der Waals surface area contributed by atoms with Gasteiger partial charge in [-0.1, -0.05) is 50.3 Å². The number of ketones is 1. The van der Waals surface area contributed by atoms with Gasteiger partial charge in [0.1, 0.15) is 0 Å². The summed E-state index contributed by atoms with van der Waals surface area (Å²) in [7, 11) is 0. The zero-order valence-electron chi connectivity index (χ0n) is 13.0. The number of Topliss-reactive ketones (excluding diaryl/α,β-unsaturated/α-hetero) is 1. The van der Waals surface area contributed by atoms with Gasteiger partial charge in [0.2, 0.25) is 0 Å². The van der Waals surface area contributed by atoms with E-state index in [2.05, 4.69) is 6.07 Å². The first-order valence-corrected chi connectivity index (χ1v) is 7.21. The fourth-order valence-electron chi connectivity index (χ4n) is 2.68. The number of carbonyl (C=O) groups excluding carboxylic acids is 2. The predicted molar refractivity (Wildman–Crippen MR) is 81.9 cm³/mol. The van der Waals surface area contributed by atoms with Crippen molar-refractivity contribution in [1.29, 1.82) is 5.26 Å². The second-order valence-electron chi connectivity index (χ2n) is 6.18. The Morgan fingerprint density at radius 3 is 2.55 bits per heavy atom. The number of benzene rings is 1. The van der Waals surface area contributed by atoms with Crippen molar-refractivity contribution >= 4 is 11.8 Å². The standard InChI is InChI=1S/C18H19NO3/c1-12(10-19)9-14-16(18(14,2)3)17(21)22-11-15(20)13-7-5-4-6-8-13/h4-9,14,16H,11H2,1-3H3. The smallest absolute Gasteiger partial charge is 0.310 e. The molecule has 1 aromatic carbocycles. The SMILES string of the molecule is CC(C#N)=CC1C(C(=O)OCC(=O)c2ccccc2)C1(C)C. The van der Waals surface area contributed by atoms with Gasteiger partial charge in [0.15, 0.2) is 12.4 Å². The lowest BCUT2D eigenvalue weighted by Crippen LogP contribution is -2.17. The van der Waals surface area contributed by atoms with E-state index in [1.807, 2.05) is 26.0 Å². The van der Waals surface area contributed by atoms with Crippen LogP contribution in [0.1, 0.15) is 31.1 Å². The fraction of sp³-hybridized carbons (Fsp3) is 0.389. The van der Waals surface area contributed by atoms with E-state index < -0.39 is 0 Å². The summed E-state index contributed by atoms with van der Waals surface area (Å²) < 4.78 is 5.16. The molecule has 1 fully saturated rings. The number of rotatable bonds is 5. The normalized spacial score (nSPS) is 22.5. The third-order valence-electron chi connectivity index (χ3n) is 4.21. The zero-order chi connectivity index (χ0) is 16.3. The van der Waals surface area contributed by atoms with E-state index in [1.54, 1.807) is 31.2 Å². The highest BCUT2D eigenvalue weighted by molar-refractivity contribution is 5.98. The average molecular weight is 297 g/mol. The molecule has 1 aromatic rings. The van der Waals surface area contributed by atoms with E-state index in [4.69, 9.17) is 10.00 Å². The Labute approximate surface area is 130 Å². The molecule has 4 heteroatoms. The maximum absolute atomic E-state index is 12.2. The van der Waals surface area contributed by atoms with Crippen LogP contribution in [0.25, 0.3) is 0 Å². The first-order valence-electron chi connectivity index (χ1n) is 7.21. The largest absolute Gasteiger partial charge is 0.457 e. The number of esters is 1. The Morgan fingerprint density at radius 1 is 1.32 bits per heavy atom. The Kier molecular flexibility index (Phi) is 4.46. The van der Waals surface area contributed by atoms with E-state index in [9.17, 15) is 9.59 Å². The highest BCUT2D eigenvalue weighted by Gasteiger charge is 2.61. The third-order valence-corrected chi connectivity index (χ3v) is 4.21. The van der Waals surface area contributed by atoms with E-state index in [1.165, 1.54) is 0 Å². The number of carbonyl (C=O) groups is 2. The number of ether oxygens (including phenoxy) is 1. The Bertz CT molecular complexity index is 653. The van der Waals surface area contributed by atoms with Crippen molar-refractivity contribution in [2.24, 2.45) is 17.3 Å². The monoisotopic (exact) mass is 297 g/mol. The molecular formula is C18H19NO3. The minimum absolute atomic E-state index is 0.00789. The molecule has 0 radical (unpaired) electrons. The van der Waals surface area contributed by atoms with Crippen LogP contribution in [0.2, 0.25) is 0 Å². The second-order valence-corrected chi connectivity index (χ2v) is 6.18. The van der Waals surface area contributed by atoms with Crippen molar-refractivity contribution < 1.29 is 14.3 Å². The van der Waals surface area contributed by atoms with Crippen molar-refractivity contribution in [3.8, 4) is 6.07 Å². The molecule has 0 heterocycles. The minimum atomic E-state index is -0.374. The molecule has 2 atom stereocenters. The summed E-state index contributed by atoms with van der Waals surface area (Å²) in [5, 5.41) is 8.83. The maximum Gasteiger partial charge on any atom is 0.310 e. The van der Waals surface area contributed by atoms with Gasteiger partial charge in [0.25, 0.3) is 0 Å². The quantitative estimate of drug-likeness (QED) is 0.475. The molecule has 1 saturated carbocycles. The van der Waals surface area contributed by atoms with E-state index >= 15 is 0 Å². The lowest BCUT2D eigenvalue weighted by molar-refractivity contribution is -0.145. The van der Waals surface area contributed by atoms with E-state index in [0.29, 0.717) is 11.1 Å². The van der Waals surface area contributed by atoms with Crippen LogP contribution >= 0.6 is 0 Å². The van der Waals surface area contributed by atoms with E-state index in [0.717, 1.165) is 0 Å². The van der Waals surface area contributed by atoms with Crippen molar-refractivity contribution in [2.75, 3.05) is 6.61 Å². The molecule has 0 aromatic heterocycles. The van der Waals surface area contributed by atoms with Gasteiger partial charge >= 0.3 is 5.97 Å². The third kappa shape index (κ3) is 3.25. The first-order chi connectivity index (χ1) is 10.4. The molecule has 4 nitrogen and oxygen atoms in total. The molecule has 22 heavy (non-hydrogen) atoms. The van der Waals surface area contributed by atoms with Crippen LogP contribution in [0, 0.1) is 28.6 Å². The van der Waals surface area contributed by atoms with Gasteiger partial charge in [-0.25, -0.2) is 0 Å². The summed E-state index contributed by atoms with van der Waals surface area (Å²) in [6.07, 6.45) is 1.81. The van der Waals surface area contributed by atoms with Crippen molar-refractivity contribution in [1.82, 2.24) is 0 Å². The van der Waals surface area contributed by atoms with Gasteiger partial charge < -0.3 is 4.74 Å². The molecule has 1 aliphatic carbocycles. The van der Waals surface area contributed by atoms with Gasteiger partial charge in [0, 0.05) is 11.1 Å².